The maximum Gasteiger partial charge on any atom is 0.574 e. The summed E-state index contributed by atoms with van der Waals surface area (Å²) in [5.74, 6) is -2.43. The summed E-state index contributed by atoms with van der Waals surface area (Å²) in [5.41, 5.74) is -1.31. The summed E-state index contributed by atoms with van der Waals surface area (Å²) in [5, 5.41) is 10.8. The van der Waals surface area contributed by atoms with Gasteiger partial charge in [-0.3, -0.25) is 10.1 Å². The summed E-state index contributed by atoms with van der Waals surface area (Å²) >= 11 is 0. The number of methoxy groups -OCH3 is 1. The van der Waals surface area contributed by atoms with Crippen molar-refractivity contribution in [3.05, 3.63) is 16.3 Å². The molecule has 0 spiro atoms. The Balaban J connectivity index is 3.63. The third-order valence-corrected chi connectivity index (χ3v) is 3.13. The molecular weight excluding hydrogens is 333 g/mol. The van der Waals surface area contributed by atoms with Crippen LogP contribution in [-0.4, -0.2) is 31.8 Å². The molecule has 0 amide bonds. The first-order valence-corrected chi connectivity index (χ1v) is 6.70. The van der Waals surface area contributed by atoms with Crippen LogP contribution in [0.2, 0.25) is 0 Å². The van der Waals surface area contributed by atoms with Crippen LogP contribution in [-0.2, 0) is 9.05 Å². The molecule has 13 heteroatoms. The Morgan fingerprint density at radius 2 is 2.00 bits per heavy atom. The fourth-order valence-electron chi connectivity index (χ4n) is 1.17. The van der Waals surface area contributed by atoms with E-state index in [1.54, 1.807) is 0 Å². The highest BCUT2D eigenvalue weighted by Crippen LogP contribution is 2.42. The number of ether oxygens (including phenoxy) is 2. The van der Waals surface area contributed by atoms with Gasteiger partial charge in [0.05, 0.1) is 18.2 Å². The van der Waals surface area contributed by atoms with Crippen LogP contribution in [0.3, 0.4) is 0 Å². The van der Waals surface area contributed by atoms with Crippen LogP contribution in [0.5, 0.6) is 11.6 Å². The van der Waals surface area contributed by atoms with E-state index in [1.165, 1.54) is 0 Å². The van der Waals surface area contributed by atoms with Crippen molar-refractivity contribution in [1.29, 1.82) is 0 Å². The second kappa shape index (κ2) is 5.28. The van der Waals surface area contributed by atoms with E-state index in [-0.39, 0.29) is 6.20 Å². The normalized spacial score (nSPS) is 12.1. The van der Waals surface area contributed by atoms with Gasteiger partial charge in [-0.25, -0.2) is 13.4 Å². The van der Waals surface area contributed by atoms with E-state index in [4.69, 9.17) is 10.7 Å². The van der Waals surface area contributed by atoms with E-state index < -0.39 is 42.5 Å². The number of aromatic nitrogens is 1. The molecule has 8 nitrogen and oxygen atoms in total. The number of nitro groups is 1. The van der Waals surface area contributed by atoms with Crippen molar-refractivity contribution in [2.24, 2.45) is 0 Å². The summed E-state index contributed by atoms with van der Waals surface area (Å²) in [7, 11) is 1.09. The van der Waals surface area contributed by atoms with Crippen molar-refractivity contribution >= 4 is 25.4 Å². The van der Waals surface area contributed by atoms with Gasteiger partial charge in [-0.15, -0.1) is 13.2 Å². The van der Waals surface area contributed by atoms with E-state index in [0.29, 0.717) is 0 Å². The molecule has 1 rings (SSSR count). The van der Waals surface area contributed by atoms with Crippen molar-refractivity contribution in [2.45, 2.75) is 11.3 Å². The van der Waals surface area contributed by atoms with Crippen LogP contribution in [0.15, 0.2) is 11.1 Å². The molecule has 0 aliphatic carbocycles. The SMILES string of the molecule is COc1c(OC(F)(F)F)ncc(S(=O)(=O)Cl)c1[N+](=O)[O-]. The molecule has 0 unspecified atom stereocenters. The molecule has 1 aromatic heterocycles. The van der Waals surface area contributed by atoms with Crippen molar-refractivity contribution in [1.82, 2.24) is 4.98 Å². The predicted molar refractivity (Wildman–Crippen MR) is 57.2 cm³/mol. The fourth-order valence-corrected chi connectivity index (χ4v) is 2.08. The third kappa shape index (κ3) is 3.60. The average Bonchev–Trinajstić information content (AvgIpc) is 2.24. The van der Waals surface area contributed by atoms with E-state index in [9.17, 15) is 31.7 Å². The first-order chi connectivity index (χ1) is 8.97. The largest absolute Gasteiger partial charge is 0.574 e. The first kappa shape index (κ1) is 16.2. The number of hydrogen-bond donors (Lipinski definition) is 0. The van der Waals surface area contributed by atoms with Crippen LogP contribution in [0.4, 0.5) is 18.9 Å². The molecule has 20 heavy (non-hydrogen) atoms. The minimum Gasteiger partial charge on any atom is -0.486 e. The molecule has 0 fully saturated rings. The summed E-state index contributed by atoms with van der Waals surface area (Å²) in [6, 6.07) is 0. The summed E-state index contributed by atoms with van der Waals surface area (Å²) in [6.07, 6.45) is -4.93. The first-order valence-electron chi connectivity index (χ1n) is 4.39. The Morgan fingerprint density at radius 3 is 2.35 bits per heavy atom. The number of rotatable bonds is 4. The maximum absolute atomic E-state index is 12.1. The summed E-state index contributed by atoms with van der Waals surface area (Å²) in [6.45, 7) is 0. The molecule has 1 aromatic rings. The van der Waals surface area contributed by atoms with Crippen molar-refractivity contribution < 1.29 is 36.0 Å². The zero-order valence-electron chi connectivity index (χ0n) is 9.34. The molecule has 0 N–H and O–H groups in total. The molecule has 0 aliphatic rings. The van der Waals surface area contributed by atoms with Gasteiger partial charge in [-0.1, -0.05) is 0 Å². The number of nitrogens with zero attached hydrogens (tertiary/aromatic N) is 2. The predicted octanol–water partition coefficient (Wildman–Crippen LogP) is 1.82. The highest BCUT2D eigenvalue weighted by molar-refractivity contribution is 8.13. The molecule has 112 valence electrons. The van der Waals surface area contributed by atoms with Gasteiger partial charge >= 0.3 is 12.0 Å². The van der Waals surface area contributed by atoms with Gasteiger partial charge < -0.3 is 9.47 Å². The van der Waals surface area contributed by atoms with Gasteiger partial charge in [-0.2, -0.15) is 0 Å². The van der Waals surface area contributed by atoms with Gasteiger partial charge in [0, 0.05) is 10.7 Å². The highest BCUT2D eigenvalue weighted by Gasteiger charge is 2.38. The fraction of sp³-hybridized carbons (Fsp3) is 0.286. The Bertz CT molecular complexity index is 647. The number of alkyl halides is 3. The van der Waals surface area contributed by atoms with Gasteiger partial charge in [0.2, 0.25) is 0 Å². The molecule has 0 bridgehead atoms. The molecule has 1 heterocycles. The Hall–Kier alpha value is -1.82. The number of pyridine rings is 1. The van der Waals surface area contributed by atoms with Crippen LogP contribution in [0.1, 0.15) is 0 Å². The monoisotopic (exact) mass is 336 g/mol. The van der Waals surface area contributed by atoms with Gasteiger partial charge in [0.15, 0.2) is 4.90 Å². The Labute approximate surface area is 113 Å². The minimum absolute atomic E-state index is 0.268. The zero-order chi connectivity index (χ0) is 15.7. The molecular formula is C7H4ClF3N2O6S. The van der Waals surface area contributed by atoms with Crippen LogP contribution < -0.4 is 9.47 Å². The second-order valence-electron chi connectivity index (χ2n) is 3.05. The van der Waals surface area contributed by atoms with E-state index in [0.717, 1.165) is 7.11 Å². The van der Waals surface area contributed by atoms with Gasteiger partial charge in [0.1, 0.15) is 0 Å². The van der Waals surface area contributed by atoms with Gasteiger partial charge in [0.25, 0.3) is 20.7 Å². The number of hydrogen-bond acceptors (Lipinski definition) is 7. The summed E-state index contributed by atoms with van der Waals surface area (Å²) in [4.78, 5) is 11.4. The second-order valence-corrected chi connectivity index (χ2v) is 5.59. The average molecular weight is 337 g/mol. The van der Waals surface area contributed by atoms with E-state index >= 15 is 0 Å². The lowest BCUT2D eigenvalue weighted by molar-refractivity contribution is -0.389. The highest BCUT2D eigenvalue weighted by atomic mass is 35.7. The minimum atomic E-state index is -5.20. The molecule has 0 atom stereocenters. The standard InChI is InChI=1S/C7H4ClF3N2O6S/c1-18-5-4(13(14)15)3(20(8,16)17)2-12-6(5)19-7(9,10)11/h2H,1H3. The van der Waals surface area contributed by atoms with Crippen molar-refractivity contribution in [3.8, 4) is 11.6 Å². The molecule has 0 radical (unpaired) electrons. The topological polar surface area (TPSA) is 109 Å². The van der Waals surface area contributed by atoms with Crippen molar-refractivity contribution in [2.75, 3.05) is 7.11 Å². The van der Waals surface area contributed by atoms with Crippen molar-refractivity contribution in [3.63, 3.8) is 0 Å². The van der Waals surface area contributed by atoms with E-state index in [1.807, 2.05) is 0 Å². The Kier molecular flexibility index (Phi) is 4.29. The number of halogens is 4. The molecule has 0 aliphatic heterocycles. The van der Waals surface area contributed by atoms with Gasteiger partial charge in [-0.05, 0) is 0 Å². The lowest BCUT2D eigenvalue weighted by Crippen LogP contribution is -2.19. The van der Waals surface area contributed by atoms with Crippen LogP contribution in [0.25, 0.3) is 0 Å². The molecule has 0 saturated carbocycles. The zero-order valence-corrected chi connectivity index (χ0v) is 10.9. The summed E-state index contributed by atoms with van der Waals surface area (Å²) < 4.78 is 66.3. The van der Waals surface area contributed by atoms with Crippen LogP contribution >= 0.6 is 10.7 Å². The van der Waals surface area contributed by atoms with E-state index in [2.05, 4.69) is 14.5 Å². The molecule has 0 saturated heterocycles. The maximum atomic E-state index is 12.1. The van der Waals surface area contributed by atoms with Crippen LogP contribution in [0, 0.1) is 10.1 Å². The third-order valence-electron chi connectivity index (χ3n) is 1.80. The Morgan fingerprint density at radius 1 is 1.45 bits per heavy atom. The molecule has 0 aromatic carbocycles. The lowest BCUT2D eigenvalue weighted by Gasteiger charge is -2.12. The smallest absolute Gasteiger partial charge is 0.486 e. The lowest BCUT2D eigenvalue weighted by atomic mass is 10.3. The quantitative estimate of drug-likeness (QED) is 0.468.